The second-order valence-electron chi connectivity index (χ2n) is 7.55. The van der Waals surface area contributed by atoms with Crippen molar-refractivity contribution in [1.29, 1.82) is 0 Å². The molecule has 1 unspecified atom stereocenters. The molecule has 0 aliphatic heterocycles. The predicted molar refractivity (Wildman–Crippen MR) is 124 cm³/mol. The van der Waals surface area contributed by atoms with Gasteiger partial charge in [-0.2, -0.15) is 0 Å². The molecule has 0 fully saturated rings. The first-order valence-electron chi connectivity index (χ1n) is 10.0. The first-order valence-corrected chi connectivity index (χ1v) is 13.8. The Morgan fingerprint density at radius 2 is 1.71 bits per heavy atom. The quantitative estimate of drug-likeness (QED) is 0.305. The van der Waals surface area contributed by atoms with Gasteiger partial charge in [0.1, 0.15) is 11.6 Å². The lowest BCUT2D eigenvalue weighted by Crippen LogP contribution is -2.37. The van der Waals surface area contributed by atoms with Gasteiger partial charge in [-0.3, -0.25) is 0 Å². The highest BCUT2D eigenvalue weighted by Gasteiger charge is 2.32. The minimum Gasteiger partial charge on any atom is -0.415 e. The van der Waals surface area contributed by atoms with Gasteiger partial charge in [0.2, 0.25) is 10.0 Å². The maximum Gasteiger partial charge on any atom is 0.428 e. The van der Waals surface area contributed by atoms with Gasteiger partial charge in [0.15, 0.2) is 9.84 Å². The number of halogens is 3. The number of carbonyl (C=O) groups is 1. The van der Waals surface area contributed by atoms with Crippen molar-refractivity contribution in [3.8, 4) is 0 Å². The van der Waals surface area contributed by atoms with Crippen LogP contribution in [0.15, 0.2) is 59.7 Å². The summed E-state index contributed by atoms with van der Waals surface area (Å²) in [6.07, 6.45) is -0.375. The Labute approximate surface area is 203 Å². The molecule has 2 aromatic carbocycles. The van der Waals surface area contributed by atoms with E-state index < -0.39 is 42.8 Å². The molecule has 7 nitrogen and oxygen atoms in total. The number of carbonyl (C=O) groups excluding carboxylic acids is 1. The molecule has 0 radical (unpaired) electrons. The van der Waals surface area contributed by atoms with Gasteiger partial charge in [-0.25, -0.2) is 34.7 Å². The second-order valence-corrected chi connectivity index (χ2v) is 12.0. The van der Waals surface area contributed by atoms with Crippen molar-refractivity contribution in [2.75, 3.05) is 12.8 Å². The number of sulfonamides is 1. The fraction of sp³-hybridized carbons (Fsp3) is 0.318. The molecule has 0 spiro atoms. The summed E-state index contributed by atoms with van der Waals surface area (Å²) in [7, 11) is -8.14. The van der Waals surface area contributed by atoms with E-state index in [1.54, 1.807) is 0 Å². The molecule has 0 aliphatic carbocycles. The summed E-state index contributed by atoms with van der Waals surface area (Å²) < 4.78 is 84.2. The molecule has 0 aromatic heterocycles. The molecular weight excluding hydrogens is 512 g/mol. The average molecular weight is 536 g/mol. The summed E-state index contributed by atoms with van der Waals surface area (Å²) in [4.78, 5) is 11.9. The Balaban J connectivity index is 2.29. The third-order valence-electron chi connectivity index (χ3n) is 4.76. The predicted octanol–water partition coefficient (Wildman–Crippen LogP) is 5.24. The standard InChI is InChI=1S/C22H24ClF2NO6S2/c1-15(2)32-22(27)26(33(3,28)29)13-5-4-6-21(19-14-17(24)9-12-20(19)25)34(30,31)18-10-7-16(23)8-11-18/h7-12,14,21H,1,4-6,13H2,2-3H3. The number of nitrogens with zero attached hydrogens (tertiary/aromatic N) is 1. The van der Waals surface area contributed by atoms with Gasteiger partial charge in [0.25, 0.3) is 0 Å². The van der Waals surface area contributed by atoms with E-state index in [1.807, 2.05) is 0 Å². The fourth-order valence-electron chi connectivity index (χ4n) is 3.21. The zero-order valence-electron chi connectivity index (χ0n) is 18.5. The number of benzene rings is 2. The normalized spacial score (nSPS) is 12.7. The van der Waals surface area contributed by atoms with Gasteiger partial charge in [0, 0.05) is 17.1 Å². The molecule has 186 valence electrons. The Morgan fingerprint density at radius 1 is 1.09 bits per heavy atom. The maximum atomic E-state index is 14.5. The van der Waals surface area contributed by atoms with E-state index in [2.05, 4.69) is 6.58 Å². The minimum absolute atomic E-state index is 0.00523. The molecule has 0 aliphatic rings. The van der Waals surface area contributed by atoms with Crippen molar-refractivity contribution in [1.82, 2.24) is 4.31 Å². The van der Waals surface area contributed by atoms with Crippen molar-refractivity contribution >= 4 is 37.6 Å². The molecular formula is C22H24ClF2NO6S2. The highest BCUT2D eigenvalue weighted by atomic mass is 35.5. The summed E-state index contributed by atoms with van der Waals surface area (Å²) in [6, 6.07) is 7.80. The van der Waals surface area contributed by atoms with Crippen LogP contribution in [-0.4, -0.2) is 40.0 Å². The van der Waals surface area contributed by atoms with Crippen LogP contribution in [-0.2, 0) is 24.6 Å². The summed E-state index contributed by atoms with van der Waals surface area (Å²) in [6.45, 7) is 4.46. The number of amides is 1. The largest absolute Gasteiger partial charge is 0.428 e. The summed E-state index contributed by atoms with van der Waals surface area (Å²) in [5.74, 6) is -1.71. The average Bonchev–Trinajstić information content (AvgIpc) is 2.71. The van der Waals surface area contributed by atoms with E-state index in [0.29, 0.717) is 9.33 Å². The first kappa shape index (κ1) is 27.7. The monoisotopic (exact) mass is 535 g/mol. The van der Waals surface area contributed by atoms with Crippen LogP contribution in [0.25, 0.3) is 0 Å². The number of unbranched alkanes of at least 4 members (excludes halogenated alkanes) is 1. The highest BCUT2D eigenvalue weighted by molar-refractivity contribution is 7.91. The smallest absolute Gasteiger partial charge is 0.415 e. The summed E-state index contributed by atoms with van der Waals surface area (Å²) in [5.41, 5.74) is -0.350. The fourth-order valence-corrected chi connectivity index (χ4v) is 5.94. The number of hydrogen-bond acceptors (Lipinski definition) is 6. The minimum atomic E-state index is -4.17. The summed E-state index contributed by atoms with van der Waals surface area (Å²) >= 11 is 5.83. The van der Waals surface area contributed by atoms with E-state index in [-0.39, 0.29) is 42.0 Å². The summed E-state index contributed by atoms with van der Waals surface area (Å²) in [5, 5.41) is -1.16. The molecule has 0 bridgehead atoms. The van der Waals surface area contributed by atoms with Crippen LogP contribution in [0, 0.1) is 11.6 Å². The van der Waals surface area contributed by atoms with Crippen molar-refractivity contribution in [2.24, 2.45) is 0 Å². The van der Waals surface area contributed by atoms with Gasteiger partial charge in [-0.1, -0.05) is 18.2 Å². The van der Waals surface area contributed by atoms with Crippen LogP contribution >= 0.6 is 11.6 Å². The SMILES string of the molecule is C=C(C)OC(=O)N(CCCCC(c1cc(F)ccc1F)S(=O)(=O)c1ccc(Cl)cc1)S(C)(=O)=O. The molecule has 0 saturated carbocycles. The molecule has 1 atom stereocenters. The van der Waals surface area contributed by atoms with E-state index in [9.17, 15) is 30.4 Å². The number of hydrogen-bond donors (Lipinski definition) is 0. The van der Waals surface area contributed by atoms with Crippen LogP contribution in [0.3, 0.4) is 0 Å². The Morgan fingerprint density at radius 3 is 2.26 bits per heavy atom. The number of rotatable bonds is 10. The molecule has 12 heteroatoms. The third kappa shape index (κ3) is 7.25. The zero-order valence-corrected chi connectivity index (χ0v) is 20.9. The lowest BCUT2D eigenvalue weighted by Gasteiger charge is -2.21. The molecule has 0 heterocycles. The Bertz CT molecular complexity index is 1260. The third-order valence-corrected chi connectivity index (χ3v) is 8.32. The zero-order chi connectivity index (χ0) is 25.7. The van der Waals surface area contributed by atoms with Crippen LogP contribution in [0.5, 0.6) is 0 Å². The topological polar surface area (TPSA) is 97.8 Å². The molecule has 0 N–H and O–H groups in total. The van der Waals surface area contributed by atoms with Gasteiger partial charge in [-0.05, 0) is 68.7 Å². The maximum absolute atomic E-state index is 14.5. The van der Waals surface area contributed by atoms with Crippen molar-refractivity contribution in [3.05, 3.63) is 77.0 Å². The number of sulfone groups is 1. The van der Waals surface area contributed by atoms with Gasteiger partial charge in [-0.15, -0.1) is 0 Å². The van der Waals surface area contributed by atoms with Crippen LogP contribution in [0.2, 0.25) is 5.02 Å². The highest BCUT2D eigenvalue weighted by Crippen LogP contribution is 2.35. The lowest BCUT2D eigenvalue weighted by molar-refractivity contribution is 0.154. The first-order chi connectivity index (χ1) is 15.7. The van der Waals surface area contributed by atoms with Crippen molar-refractivity contribution < 1.29 is 35.1 Å². The van der Waals surface area contributed by atoms with E-state index in [4.69, 9.17) is 16.3 Å². The van der Waals surface area contributed by atoms with Crippen LogP contribution < -0.4 is 0 Å². The molecule has 2 aromatic rings. The van der Waals surface area contributed by atoms with E-state index >= 15 is 0 Å². The van der Waals surface area contributed by atoms with Gasteiger partial charge in [0.05, 0.1) is 22.2 Å². The van der Waals surface area contributed by atoms with Gasteiger partial charge >= 0.3 is 6.09 Å². The second kappa shape index (κ2) is 11.3. The Hall–Kier alpha value is -2.50. The Kier molecular flexibility index (Phi) is 9.21. The molecule has 2 rings (SSSR count). The lowest BCUT2D eigenvalue weighted by atomic mass is 10.1. The van der Waals surface area contributed by atoms with Crippen molar-refractivity contribution in [3.63, 3.8) is 0 Å². The van der Waals surface area contributed by atoms with Gasteiger partial charge < -0.3 is 4.74 Å². The molecule has 0 saturated heterocycles. The number of ether oxygens (including phenoxy) is 1. The van der Waals surface area contributed by atoms with Crippen LogP contribution in [0.1, 0.15) is 37.0 Å². The number of allylic oxidation sites excluding steroid dienone is 1. The van der Waals surface area contributed by atoms with Crippen molar-refractivity contribution in [2.45, 2.75) is 36.3 Å². The van der Waals surface area contributed by atoms with Crippen LogP contribution in [0.4, 0.5) is 13.6 Å². The molecule has 34 heavy (non-hydrogen) atoms. The van der Waals surface area contributed by atoms with E-state index in [0.717, 1.165) is 24.5 Å². The molecule has 1 amide bonds. The van der Waals surface area contributed by atoms with E-state index in [1.165, 1.54) is 31.2 Å².